The molecule has 1 amide bonds. The highest BCUT2D eigenvalue weighted by Crippen LogP contribution is 2.23. The van der Waals surface area contributed by atoms with E-state index in [4.69, 9.17) is 9.47 Å². The van der Waals surface area contributed by atoms with Gasteiger partial charge in [0.15, 0.2) is 6.29 Å². The van der Waals surface area contributed by atoms with Gasteiger partial charge in [-0.1, -0.05) is 229 Å². The second-order valence-corrected chi connectivity index (χ2v) is 19.7. The Balaban J connectivity index is 2.29. The van der Waals surface area contributed by atoms with E-state index < -0.39 is 49.5 Å². The van der Waals surface area contributed by atoms with Gasteiger partial charge in [0.25, 0.3) is 0 Å². The lowest BCUT2D eigenvalue weighted by molar-refractivity contribution is -0.302. The van der Waals surface area contributed by atoms with Crippen molar-refractivity contribution < 1.29 is 39.8 Å². The van der Waals surface area contributed by atoms with Crippen LogP contribution in [0.15, 0.2) is 48.6 Å². The van der Waals surface area contributed by atoms with E-state index in [1.165, 1.54) is 180 Å². The monoisotopic (exact) mass is 946 g/mol. The number of aliphatic hydroxyl groups is 5. The lowest BCUT2D eigenvalue weighted by Crippen LogP contribution is -2.60. The van der Waals surface area contributed by atoms with E-state index in [-0.39, 0.29) is 12.5 Å². The first-order chi connectivity index (χ1) is 32.8. The molecule has 0 bridgehead atoms. The number of rotatable bonds is 48. The van der Waals surface area contributed by atoms with Gasteiger partial charge in [-0.2, -0.15) is 0 Å². The predicted octanol–water partition coefficient (Wildman–Crippen LogP) is 13.7. The Hall–Kier alpha value is -1.85. The average molecular weight is 946 g/mol. The molecule has 0 radical (unpaired) electrons. The first kappa shape index (κ1) is 63.2. The van der Waals surface area contributed by atoms with Crippen LogP contribution in [0.2, 0.25) is 0 Å². The maximum Gasteiger partial charge on any atom is 0.220 e. The van der Waals surface area contributed by atoms with E-state index in [9.17, 15) is 30.3 Å². The smallest absolute Gasteiger partial charge is 0.220 e. The third kappa shape index (κ3) is 37.6. The minimum Gasteiger partial charge on any atom is -0.394 e. The van der Waals surface area contributed by atoms with E-state index in [1.807, 2.05) is 6.08 Å². The number of ether oxygens (including phenoxy) is 2. The van der Waals surface area contributed by atoms with Crippen LogP contribution in [0.4, 0.5) is 0 Å². The first-order valence-electron chi connectivity index (χ1n) is 28.4. The van der Waals surface area contributed by atoms with Gasteiger partial charge in [0.2, 0.25) is 5.91 Å². The van der Waals surface area contributed by atoms with E-state index in [2.05, 4.69) is 55.6 Å². The molecule has 0 saturated carbocycles. The Morgan fingerprint density at radius 1 is 0.493 bits per heavy atom. The molecule has 7 atom stereocenters. The summed E-state index contributed by atoms with van der Waals surface area (Å²) in [5, 5.41) is 54.4. The van der Waals surface area contributed by atoms with Crippen molar-refractivity contribution in [2.45, 2.75) is 301 Å². The SMILES string of the molecule is CCCCCCCCCC/C=C\CCCCCCCCCC(=O)NC(COC1OC(CO)C(O)C(O)C1O)C(O)/C=C/CC/C=C/CC/C=C/CCCCCCCCCCCCCCCCC. The van der Waals surface area contributed by atoms with Crippen LogP contribution in [0.25, 0.3) is 0 Å². The van der Waals surface area contributed by atoms with Crippen LogP contribution in [0.5, 0.6) is 0 Å². The Morgan fingerprint density at radius 2 is 0.851 bits per heavy atom. The standard InChI is InChI=1S/C58H107NO8/c1-3-5-7-9-11-13-15-17-19-21-23-24-25-26-27-28-30-31-33-35-37-39-41-43-45-47-52(61)51(50-66-58-57(65)56(64)55(63)53(49-60)67-58)59-54(62)48-46-44-42-40-38-36-34-32-29-22-20-18-16-14-12-10-8-6-4-2/h22,29-31,37,39,45,47,51-53,55-58,60-61,63-65H,3-21,23-28,32-36,38,40-44,46,48-50H2,1-2H3,(H,59,62)/b29-22-,31-30+,39-37+,47-45+. The van der Waals surface area contributed by atoms with Gasteiger partial charge in [0.05, 0.1) is 25.4 Å². The van der Waals surface area contributed by atoms with Gasteiger partial charge in [-0.05, 0) is 70.6 Å². The Bertz CT molecular complexity index is 1190. The van der Waals surface area contributed by atoms with Crippen LogP contribution in [0.3, 0.4) is 0 Å². The third-order valence-electron chi connectivity index (χ3n) is 13.4. The van der Waals surface area contributed by atoms with E-state index >= 15 is 0 Å². The van der Waals surface area contributed by atoms with Crippen molar-refractivity contribution in [3.8, 4) is 0 Å². The zero-order valence-corrected chi connectivity index (χ0v) is 43.4. The minimum absolute atomic E-state index is 0.194. The summed E-state index contributed by atoms with van der Waals surface area (Å²) in [6.07, 6.45) is 56.0. The molecule has 1 saturated heterocycles. The van der Waals surface area contributed by atoms with Crippen LogP contribution in [0, 0.1) is 0 Å². The zero-order chi connectivity index (χ0) is 48.7. The fourth-order valence-electron chi connectivity index (χ4n) is 8.83. The quantitative estimate of drug-likeness (QED) is 0.0261. The summed E-state index contributed by atoms with van der Waals surface area (Å²) in [5.41, 5.74) is 0. The molecule has 0 spiro atoms. The fourth-order valence-corrected chi connectivity index (χ4v) is 8.83. The molecule has 1 fully saturated rings. The lowest BCUT2D eigenvalue weighted by Gasteiger charge is -2.40. The number of amides is 1. The molecule has 0 aromatic rings. The van der Waals surface area contributed by atoms with Crippen molar-refractivity contribution in [1.29, 1.82) is 0 Å². The number of carbonyl (C=O) groups is 1. The van der Waals surface area contributed by atoms with Crippen molar-refractivity contribution >= 4 is 5.91 Å². The number of unbranched alkanes of at least 4 members (excludes halogenated alkanes) is 32. The summed E-state index contributed by atoms with van der Waals surface area (Å²) in [7, 11) is 0. The van der Waals surface area contributed by atoms with Gasteiger partial charge in [-0.15, -0.1) is 0 Å². The molecule has 9 heteroatoms. The Morgan fingerprint density at radius 3 is 1.25 bits per heavy atom. The largest absolute Gasteiger partial charge is 0.394 e. The second-order valence-electron chi connectivity index (χ2n) is 19.7. The number of nitrogens with one attached hydrogen (secondary N) is 1. The number of aliphatic hydroxyl groups excluding tert-OH is 5. The maximum absolute atomic E-state index is 13.0. The second kappa shape index (κ2) is 47.8. The zero-order valence-electron chi connectivity index (χ0n) is 43.4. The highest BCUT2D eigenvalue weighted by molar-refractivity contribution is 5.76. The van der Waals surface area contributed by atoms with Gasteiger partial charge >= 0.3 is 0 Å². The summed E-state index contributed by atoms with van der Waals surface area (Å²) >= 11 is 0. The average Bonchev–Trinajstić information content (AvgIpc) is 3.33. The topological polar surface area (TPSA) is 149 Å². The molecule has 1 aliphatic heterocycles. The summed E-state index contributed by atoms with van der Waals surface area (Å²) in [4.78, 5) is 13.0. The molecule has 1 aliphatic rings. The molecular formula is C58H107NO8. The van der Waals surface area contributed by atoms with Crippen LogP contribution in [-0.2, 0) is 14.3 Å². The van der Waals surface area contributed by atoms with Crippen molar-refractivity contribution in [2.24, 2.45) is 0 Å². The summed E-state index contributed by atoms with van der Waals surface area (Å²) in [6, 6.07) is -0.831. The molecule has 6 N–H and O–H groups in total. The highest BCUT2D eigenvalue weighted by Gasteiger charge is 2.44. The van der Waals surface area contributed by atoms with Crippen LogP contribution in [0.1, 0.15) is 258 Å². The van der Waals surface area contributed by atoms with Gasteiger partial charge in [0.1, 0.15) is 24.4 Å². The number of hydrogen-bond donors (Lipinski definition) is 6. The van der Waals surface area contributed by atoms with Crippen LogP contribution < -0.4 is 5.32 Å². The molecule has 1 rings (SSSR count). The first-order valence-corrected chi connectivity index (χ1v) is 28.4. The summed E-state index contributed by atoms with van der Waals surface area (Å²) < 4.78 is 11.2. The van der Waals surface area contributed by atoms with Crippen molar-refractivity contribution in [2.75, 3.05) is 13.2 Å². The molecule has 67 heavy (non-hydrogen) atoms. The van der Waals surface area contributed by atoms with Crippen LogP contribution in [-0.4, -0.2) is 87.5 Å². The molecule has 0 aliphatic carbocycles. The third-order valence-corrected chi connectivity index (χ3v) is 13.4. The van der Waals surface area contributed by atoms with Gasteiger partial charge < -0.3 is 40.3 Å². The molecule has 1 heterocycles. The summed E-state index contributed by atoms with van der Waals surface area (Å²) in [5.74, 6) is -0.194. The van der Waals surface area contributed by atoms with Crippen LogP contribution >= 0.6 is 0 Å². The molecule has 0 aromatic heterocycles. The lowest BCUT2D eigenvalue weighted by atomic mass is 9.99. The minimum atomic E-state index is -1.58. The molecular weight excluding hydrogens is 839 g/mol. The molecule has 0 aromatic carbocycles. The number of carbonyl (C=O) groups excluding carboxylic acids is 1. The summed E-state index contributed by atoms with van der Waals surface area (Å²) in [6.45, 7) is 3.77. The van der Waals surface area contributed by atoms with E-state index in [0.717, 1.165) is 57.8 Å². The Labute approximate surface area is 412 Å². The van der Waals surface area contributed by atoms with Gasteiger partial charge in [-0.3, -0.25) is 4.79 Å². The normalized spacial score (nSPS) is 20.0. The fraction of sp³-hybridized carbons (Fsp3) is 0.845. The van der Waals surface area contributed by atoms with Crippen molar-refractivity contribution in [3.63, 3.8) is 0 Å². The molecule has 9 nitrogen and oxygen atoms in total. The highest BCUT2D eigenvalue weighted by atomic mass is 16.7. The van der Waals surface area contributed by atoms with Crippen molar-refractivity contribution in [1.82, 2.24) is 5.32 Å². The van der Waals surface area contributed by atoms with Crippen molar-refractivity contribution in [3.05, 3.63) is 48.6 Å². The van der Waals surface area contributed by atoms with E-state index in [0.29, 0.717) is 6.42 Å². The van der Waals surface area contributed by atoms with E-state index in [1.54, 1.807) is 6.08 Å². The van der Waals surface area contributed by atoms with Gasteiger partial charge in [-0.25, -0.2) is 0 Å². The number of hydrogen-bond acceptors (Lipinski definition) is 8. The maximum atomic E-state index is 13.0. The van der Waals surface area contributed by atoms with Gasteiger partial charge in [0, 0.05) is 6.42 Å². The molecule has 7 unspecified atom stereocenters. The predicted molar refractivity (Wildman–Crippen MR) is 281 cm³/mol. The Kier molecular flexibility index (Phi) is 45.1. The molecule has 392 valence electrons. The number of allylic oxidation sites excluding steroid dienone is 7.